The number of ether oxygens (including phenoxy) is 2. The molecule has 1 aliphatic heterocycles. The van der Waals surface area contributed by atoms with E-state index in [0.717, 1.165) is 22.4 Å². The molecule has 5 rings (SSSR count). The largest absolute Gasteiger partial charge is 0.481 e. The number of carbonyl (C=O) groups is 2. The maximum Gasteiger partial charge on any atom is 0.303 e. The van der Waals surface area contributed by atoms with Crippen molar-refractivity contribution in [3.63, 3.8) is 0 Å². The van der Waals surface area contributed by atoms with Crippen molar-refractivity contribution in [2.45, 2.75) is 68.8 Å². The summed E-state index contributed by atoms with van der Waals surface area (Å²) in [6.45, 7) is -0.0272. The van der Waals surface area contributed by atoms with E-state index in [-0.39, 0.29) is 31.1 Å². The molecule has 12 heteroatoms. The van der Waals surface area contributed by atoms with Crippen LogP contribution in [0, 0.1) is 0 Å². The minimum absolute atomic E-state index is 0.0272. The van der Waals surface area contributed by atoms with Gasteiger partial charge in [-0.1, -0.05) is 72.8 Å². The van der Waals surface area contributed by atoms with Crippen molar-refractivity contribution < 1.29 is 29.3 Å². The number of tetrazole rings is 1. The average Bonchev–Trinajstić information content (AvgIpc) is 3.53. The smallest absolute Gasteiger partial charge is 0.303 e. The number of thioether (sulfide) groups is 1. The Bertz CT molecular complexity index is 1500. The van der Waals surface area contributed by atoms with E-state index < -0.39 is 12.3 Å². The lowest BCUT2D eigenvalue weighted by atomic mass is 10.0. The standard InChI is InChI=1S/C32H35N5O6S/c38-20-22-11-13-23(14-12-22)28-19-27(21-44-32-34-35-36-37(32)26-7-3-1-4-8-26)42-31(43-28)24-15-17-25(18-16-24)33-29(39)9-5-2-6-10-30(40)41/h1,3-4,7-8,11-18,27-28,31,38H,2,5-6,9-10,19-21H2,(H,33,39)(H,40,41)/t27-,28+,31+/m1/s1. The second kappa shape index (κ2) is 15.6. The number of rotatable bonds is 14. The molecule has 1 saturated heterocycles. The molecule has 11 nitrogen and oxygen atoms in total. The topological polar surface area (TPSA) is 149 Å². The Balaban J connectivity index is 1.24. The van der Waals surface area contributed by atoms with Gasteiger partial charge in [0, 0.05) is 36.3 Å². The lowest BCUT2D eigenvalue weighted by Gasteiger charge is -2.36. The molecule has 0 bridgehead atoms. The molecule has 0 aliphatic carbocycles. The molecule has 3 aromatic carbocycles. The fourth-order valence-corrected chi connectivity index (χ4v) is 5.78. The number of hydrogen-bond acceptors (Lipinski definition) is 9. The zero-order valence-corrected chi connectivity index (χ0v) is 24.9. The van der Waals surface area contributed by atoms with Crippen LogP contribution in [-0.4, -0.2) is 54.2 Å². The first-order chi connectivity index (χ1) is 21.5. The van der Waals surface area contributed by atoms with Gasteiger partial charge < -0.3 is 25.0 Å². The highest BCUT2D eigenvalue weighted by Gasteiger charge is 2.32. The van der Waals surface area contributed by atoms with Crippen molar-refractivity contribution in [2.24, 2.45) is 0 Å². The highest BCUT2D eigenvalue weighted by molar-refractivity contribution is 7.99. The normalized spacial score (nSPS) is 18.2. The molecule has 0 radical (unpaired) electrons. The molecule has 1 fully saturated rings. The van der Waals surface area contributed by atoms with E-state index in [9.17, 15) is 14.7 Å². The fourth-order valence-electron chi connectivity index (χ4n) is 4.88. The average molecular weight is 618 g/mol. The number of carbonyl (C=O) groups excluding carboxylic acids is 1. The van der Waals surface area contributed by atoms with Gasteiger partial charge >= 0.3 is 5.97 Å². The number of aliphatic hydroxyl groups excluding tert-OH is 1. The third kappa shape index (κ3) is 8.73. The summed E-state index contributed by atoms with van der Waals surface area (Å²) >= 11 is 1.51. The van der Waals surface area contributed by atoms with Crippen LogP contribution in [0.1, 0.15) is 67.6 Å². The number of aliphatic hydroxyl groups is 1. The van der Waals surface area contributed by atoms with Gasteiger partial charge in [0.1, 0.15) is 0 Å². The number of anilines is 1. The first-order valence-electron chi connectivity index (χ1n) is 14.6. The Kier molecular flexibility index (Phi) is 11.1. The van der Waals surface area contributed by atoms with Crippen LogP contribution in [0.5, 0.6) is 0 Å². The number of nitrogens with zero attached hydrogens (tertiary/aromatic N) is 4. The molecule has 44 heavy (non-hydrogen) atoms. The number of benzene rings is 3. The number of amides is 1. The molecule has 230 valence electrons. The number of carboxylic acids is 1. The lowest BCUT2D eigenvalue weighted by molar-refractivity contribution is -0.245. The van der Waals surface area contributed by atoms with E-state index in [0.29, 0.717) is 48.7 Å². The van der Waals surface area contributed by atoms with Crippen LogP contribution in [0.4, 0.5) is 5.69 Å². The van der Waals surface area contributed by atoms with Crippen molar-refractivity contribution in [3.05, 3.63) is 95.6 Å². The quantitative estimate of drug-likeness (QED) is 0.123. The summed E-state index contributed by atoms with van der Waals surface area (Å²) in [6, 6.07) is 24.8. The first-order valence-corrected chi connectivity index (χ1v) is 15.6. The highest BCUT2D eigenvalue weighted by Crippen LogP contribution is 2.39. The van der Waals surface area contributed by atoms with Gasteiger partial charge in [0.2, 0.25) is 11.1 Å². The summed E-state index contributed by atoms with van der Waals surface area (Å²) in [6.07, 6.45) is 1.92. The van der Waals surface area contributed by atoms with Crippen molar-refractivity contribution in [1.82, 2.24) is 20.2 Å². The minimum Gasteiger partial charge on any atom is -0.481 e. The first kappa shape index (κ1) is 31.3. The zero-order valence-electron chi connectivity index (χ0n) is 24.1. The number of carboxylic acid groups (broad SMARTS) is 1. The van der Waals surface area contributed by atoms with Gasteiger partial charge in [0.25, 0.3) is 0 Å². The maximum absolute atomic E-state index is 12.4. The van der Waals surface area contributed by atoms with Crippen LogP contribution in [0.25, 0.3) is 5.69 Å². The highest BCUT2D eigenvalue weighted by atomic mass is 32.2. The van der Waals surface area contributed by atoms with E-state index >= 15 is 0 Å². The van der Waals surface area contributed by atoms with E-state index in [1.54, 1.807) is 4.68 Å². The molecule has 0 spiro atoms. The van der Waals surface area contributed by atoms with Crippen LogP contribution < -0.4 is 5.32 Å². The molecular formula is C32H35N5O6S. The number of aromatic nitrogens is 4. The lowest BCUT2D eigenvalue weighted by Crippen LogP contribution is -2.31. The van der Waals surface area contributed by atoms with Gasteiger partial charge in [-0.2, -0.15) is 4.68 Å². The van der Waals surface area contributed by atoms with E-state index in [1.165, 1.54) is 11.8 Å². The number of unbranched alkanes of at least 4 members (excludes halogenated alkanes) is 2. The predicted molar refractivity (Wildman–Crippen MR) is 164 cm³/mol. The van der Waals surface area contributed by atoms with Gasteiger partial charge in [0.05, 0.1) is 24.5 Å². The Morgan fingerprint density at radius 2 is 1.64 bits per heavy atom. The van der Waals surface area contributed by atoms with Gasteiger partial charge in [-0.3, -0.25) is 9.59 Å². The molecule has 3 atom stereocenters. The molecule has 4 aromatic rings. The Labute approximate surface area is 259 Å². The second-order valence-corrected chi connectivity index (χ2v) is 11.5. The van der Waals surface area contributed by atoms with Crippen LogP contribution in [0.2, 0.25) is 0 Å². The minimum atomic E-state index is -0.818. The Hall–Kier alpha value is -4.10. The molecular weight excluding hydrogens is 582 g/mol. The van der Waals surface area contributed by atoms with Gasteiger partial charge in [-0.15, -0.1) is 5.10 Å². The molecule has 2 heterocycles. The third-order valence-corrected chi connectivity index (χ3v) is 8.27. The molecule has 1 aliphatic rings. The molecule has 0 unspecified atom stereocenters. The zero-order chi connectivity index (χ0) is 30.7. The van der Waals surface area contributed by atoms with E-state index in [4.69, 9.17) is 14.6 Å². The monoisotopic (exact) mass is 617 g/mol. The number of hydrogen-bond donors (Lipinski definition) is 3. The number of nitrogens with one attached hydrogen (secondary N) is 1. The number of para-hydroxylation sites is 1. The van der Waals surface area contributed by atoms with Crippen molar-refractivity contribution in [1.29, 1.82) is 0 Å². The molecule has 3 N–H and O–H groups in total. The fraction of sp³-hybridized carbons (Fsp3) is 0.344. The summed E-state index contributed by atoms with van der Waals surface area (Å²) in [5.74, 6) is -0.334. The Morgan fingerprint density at radius 1 is 0.909 bits per heavy atom. The molecule has 0 saturated carbocycles. The summed E-state index contributed by atoms with van der Waals surface area (Å²) in [7, 11) is 0. The predicted octanol–water partition coefficient (Wildman–Crippen LogP) is 5.47. The van der Waals surface area contributed by atoms with Gasteiger partial charge in [-0.05, 0) is 58.7 Å². The summed E-state index contributed by atoms with van der Waals surface area (Å²) in [5.41, 5.74) is 4.17. The van der Waals surface area contributed by atoms with Crippen molar-refractivity contribution >= 4 is 29.3 Å². The SMILES string of the molecule is O=C(O)CCCCCC(=O)Nc1ccc([C@H]2O[C@@H](CSc3nnnn3-c3ccccc3)C[C@@H](c3ccc(CO)cc3)O2)cc1. The Morgan fingerprint density at radius 3 is 2.36 bits per heavy atom. The van der Waals surface area contributed by atoms with Crippen molar-refractivity contribution in [2.75, 3.05) is 11.1 Å². The van der Waals surface area contributed by atoms with Gasteiger partial charge in [0.15, 0.2) is 6.29 Å². The van der Waals surface area contributed by atoms with Crippen LogP contribution in [0.3, 0.4) is 0 Å². The number of aliphatic carboxylic acids is 1. The molecule has 1 amide bonds. The second-order valence-electron chi connectivity index (χ2n) is 10.5. The van der Waals surface area contributed by atoms with E-state index in [1.807, 2.05) is 78.9 Å². The van der Waals surface area contributed by atoms with Gasteiger partial charge in [-0.25, -0.2) is 0 Å². The summed E-state index contributed by atoms with van der Waals surface area (Å²) < 4.78 is 14.6. The van der Waals surface area contributed by atoms with Crippen molar-refractivity contribution in [3.8, 4) is 5.69 Å². The summed E-state index contributed by atoms with van der Waals surface area (Å²) in [4.78, 5) is 23.0. The van der Waals surface area contributed by atoms with Crippen LogP contribution >= 0.6 is 11.8 Å². The molecule has 1 aromatic heterocycles. The third-order valence-electron chi connectivity index (χ3n) is 7.22. The van der Waals surface area contributed by atoms with Crippen LogP contribution in [-0.2, 0) is 25.7 Å². The maximum atomic E-state index is 12.4. The van der Waals surface area contributed by atoms with Crippen LogP contribution in [0.15, 0.2) is 84.0 Å². The van der Waals surface area contributed by atoms with E-state index in [2.05, 4.69) is 20.8 Å². The summed E-state index contributed by atoms with van der Waals surface area (Å²) in [5, 5.41) is 34.0.